The number of carbonyl (C=O) groups is 1. The Kier molecular flexibility index (Phi) is 5.77. The minimum Gasteiger partial charge on any atom is -0.345 e. The third-order valence-electron chi connectivity index (χ3n) is 2.31. The Morgan fingerprint density at radius 2 is 2.38 bits per heavy atom. The zero-order chi connectivity index (χ0) is 12.0. The van der Waals surface area contributed by atoms with Crippen LogP contribution in [-0.4, -0.2) is 29.4 Å². The van der Waals surface area contributed by atoms with E-state index in [1.165, 1.54) is 11.3 Å². The molecule has 1 rings (SSSR count). The van der Waals surface area contributed by atoms with E-state index in [2.05, 4.69) is 11.9 Å². The zero-order valence-corrected chi connectivity index (χ0v) is 11.3. The summed E-state index contributed by atoms with van der Waals surface area (Å²) in [6, 6.07) is 0. The van der Waals surface area contributed by atoms with E-state index in [9.17, 15) is 4.79 Å². The van der Waals surface area contributed by atoms with Crippen LogP contribution in [0.15, 0.2) is 5.38 Å². The first kappa shape index (κ1) is 13.5. The molecule has 1 heterocycles. The molecule has 0 aliphatic rings. The Bertz CT molecular complexity index is 340. The van der Waals surface area contributed by atoms with Gasteiger partial charge < -0.3 is 4.90 Å². The minimum atomic E-state index is 0.129. The number of hydrogen-bond donors (Lipinski definition) is 0. The number of amides is 1. The lowest BCUT2D eigenvalue weighted by atomic mass is 10.3. The average molecular weight is 261 g/mol. The molecule has 0 unspecified atom stereocenters. The van der Waals surface area contributed by atoms with Crippen molar-refractivity contribution in [1.29, 1.82) is 0 Å². The molecule has 3 nitrogen and oxygen atoms in total. The van der Waals surface area contributed by atoms with Gasteiger partial charge >= 0.3 is 0 Å². The van der Waals surface area contributed by atoms with Gasteiger partial charge in [-0.1, -0.05) is 13.3 Å². The first-order valence-electron chi connectivity index (χ1n) is 5.40. The van der Waals surface area contributed by atoms with Crippen molar-refractivity contribution in [2.24, 2.45) is 0 Å². The molecule has 0 aliphatic carbocycles. The van der Waals surface area contributed by atoms with Crippen molar-refractivity contribution < 1.29 is 4.79 Å². The maximum Gasteiger partial charge on any atom is 0.229 e. The van der Waals surface area contributed by atoms with E-state index in [0.717, 1.165) is 30.1 Å². The van der Waals surface area contributed by atoms with Crippen LogP contribution >= 0.6 is 22.9 Å². The summed E-state index contributed by atoms with van der Waals surface area (Å²) in [5.41, 5.74) is 0.852. The van der Waals surface area contributed by atoms with Gasteiger partial charge in [-0.2, -0.15) is 0 Å². The van der Waals surface area contributed by atoms with Crippen molar-refractivity contribution in [3.8, 4) is 0 Å². The molecule has 0 saturated carbocycles. The number of nitrogens with zero attached hydrogens (tertiary/aromatic N) is 2. The Hall–Kier alpha value is -0.610. The molecule has 0 aromatic carbocycles. The predicted molar refractivity (Wildman–Crippen MR) is 67.9 cm³/mol. The van der Waals surface area contributed by atoms with Gasteiger partial charge in [-0.15, -0.1) is 22.9 Å². The maximum atomic E-state index is 11.8. The highest BCUT2D eigenvalue weighted by Crippen LogP contribution is 2.13. The summed E-state index contributed by atoms with van der Waals surface area (Å²) >= 11 is 7.16. The molecule has 16 heavy (non-hydrogen) atoms. The van der Waals surface area contributed by atoms with Crippen molar-refractivity contribution >= 4 is 28.8 Å². The van der Waals surface area contributed by atoms with Gasteiger partial charge in [-0.3, -0.25) is 4.79 Å². The van der Waals surface area contributed by atoms with E-state index in [-0.39, 0.29) is 5.91 Å². The summed E-state index contributed by atoms with van der Waals surface area (Å²) < 4.78 is 0. The van der Waals surface area contributed by atoms with Gasteiger partial charge in [0.2, 0.25) is 5.91 Å². The summed E-state index contributed by atoms with van der Waals surface area (Å²) in [7, 11) is 1.84. The molecular weight excluding hydrogens is 244 g/mol. The highest BCUT2D eigenvalue weighted by atomic mass is 35.5. The number of alkyl halides is 1. The lowest BCUT2D eigenvalue weighted by molar-refractivity contribution is -0.129. The summed E-state index contributed by atoms with van der Waals surface area (Å²) in [5, 5.41) is 2.76. The second kappa shape index (κ2) is 6.86. The zero-order valence-electron chi connectivity index (χ0n) is 9.70. The lowest BCUT2D eigenvalue weighted by Gasteiger charge is -2.15. The monoisotopic (exact) mass is 260 g/mol. The number of unbranched alkanes of at least 4 members (excludes halogenated alkanes) is 1. The normalized spacial score (nSPS) is 10.4. The lowest BCUT2D eigenvalue weighted by Crippen LogP contribution is -2.29. The van der Waals surface area contributed by atoms with Crippen LogP contribution in [0.5, 0.6) is 0 Å². The second-order valence-corrected chi connectivity index (χ2v) is 4.92. The van der Waals surface area contributed by atoms with Crippen LogP contribution in [0.25, 0.3) is 0 Å². The summed E-state index contributed by atoms with van der Waals surface area (Å²) in [6.07, 6.45) is 2.54. The summed E-state index contributed by atoms with van der Waals surface area (Å²) in [5.74, 6) is 0.542. The van der Waals surface area contributed by atoms with Gasteiger partial charge in [0, 0.05) is 19.0 Å². The van der Waals surface area contributed by atoms with Crippen molar-refractivity contribution in [2.45, 2.75) is 32.1 Å². The molecule has 5 heteroatoms. The number of hydrogen-bond acceptors (Lipinski definition) is 3. The van der Waals surface area contributed by atoms with Crippen LogP contribution in [0.1, 0.15) is 30.5 Å². The number of halogens is 1. The highest BCUT2D eigenvalue weighted by Gasteiger charge is 2.11. The second-order valence-electron chi connectivity index (χ2n) is 3.71. The Labute approximate surface area is 105 Å². The van der Waals surface area contributed by atoms with E-state index in [4.69, 9.17) is 11.6 Å². The Morgan fingerprint density at radius 3 is 2.94 bits per heavy atom. The molecule has 0 atom stereocenters. The average Bonchev–Trinajstić information content (AvgIpc) is 2.73. The molecule has 0 fully saturated rings. The SMILES string of the molecule is CCCCN(C)C(=O)Cc1nc(CCl)cs1. The van der Waals surface area contributed by atoms with Crippen molar-refractivity contribution in [2.75, 3.05) is 13.6 Å². The number of likely N-dealkylation sites (N-methyl/N-ethyl adjacent to an activating group) is 1. The molecule has 0 bridgehead atoms. The van der Waals surface area contributed by atoms with Crippen molar-refractivity contribution in [3.05, 3.63) is 16.1 Å². The van der Waals surface area contributed by atoms with E-state index in [1.807, 2.05) is 12.4 Å². The Balaban J connectivity index is 2.44. The molecule has 0 saturated heterocycles. The molecule has 1 aromatic rings. The first-order chi connectivity index (χ1) is 7.67. The standard InChI is InChI=1S/C11H17ClN2OS/c1-3-4-5-14(2)11(15)6-10-13-9(7-12)8-16-10/h8H,3-7H2,1-2H3. The van der Waals surface area contributed by atoms with E-state index in [0.29, 0.717) is 12.3 Å². The van der Waals surface area contributed by atoms with Gasteiger partial charge in [0.1, 0.15) is 5.01 Å². The van der Waals surface area contributed by atoms with Crippen molar-refractivity contribution in [1.82, 2.24) is 9.88 Å². The topological polar surface area (TPSA) is 33.2 Å². The fourth-order valence-electron chi connectivity index (χ4n) is 1.28. The van der Waals surface area contributed by atoms with Crippen LogP contribution in [0.3, 0.4) is 0 Å². The van der Waals surface area contributed by atoms with Gasteiger partial charge in [-0.25, -0.2) is 4.98 Å². The number of aromatic nitrogens is 1. The minimum absolute atomic E-state index is 0.129. The molecule has 0 radical (unpaired) electrons. The predicted octanol–water partition coefficient (Wildman–Crippen LogP) is 2.68. The third kappa shape index (κ3) is 4.10. The summed E-state index contributed by atoms with van der Waals surface area (Å²) in [6.45, 7) is 2.94. The number of carbonyl (C=O) groups excluding carboxylic acids is 1. The summed E-state index contributed by atoms with van der Waals surface area (Å²) in [4.78, 5) is 17.8. The smallest absolute Gasteiger partial charge is 0.229 e. The van der Waals surface area contributed by atoms with Gasteiger partial charge in [-0.05, 0) is 6.42 Å². The molecule has 90 valence electrons. The fraction of sp³-hybridized carbons (Fsp3) is 0.636. The van der Waals surface area contributed by atoms with E-state index < -0.39 is 0 Å². The molecule has 0 spiro atoms. The highest BCUT2D eigenvalue weighted by molar-refractivity contribution is 7.09. The molecule has 0 N–H and O–H groups in total. The van der Waals surface area contributed by atoms with Crippen LogP contribution in [-0.2, 0) is 17.1 Å². The largest absolute Gasteiger partial charge is 0.345 e. The van der Waals surface area contributed by atoms with E-state index in [1.54, 1.807) is 4.90 Å². The fourth-order valence-corrected chi connectivity index (χ4v) is 2.29. The van der Waals surface area contributed by atoms with Crippen LogP contribution in [0.2, 0.25) is 0 Å². The molecule has 0 aliphatic heterocycles. The molecular formula is C11H17ClN2OS. The quantitative estimate of drug-likeness (QED) is 0.737. The maximum absolute atomic E-state index is 11.8. The Morgan fingerprint density at radius 1 is 1.62 bits per heavy atom. The first-order valence-corrected chi connectivity index (χ1v) is 6.82. The van der Waals surface area contributed by atoms with Crippen LogP contribution < -0.4 is 0 Å². The number of thiazole rings is 1. The third-order valence-corrected chi connectivity index (χ3v) is 3.48. The molecule has 1 aromatic heterocycles. The van der Waals surface area contributed by atoms with Gasteiger partial charge in [0.25, 0.3) is 0 Å². The number of rotatable bonds is 6. The van der Waals surface area contributed by atoms with Gasteiger partial charge in [0.15, 0.2) is 0 Å². The van der Waals surface area contributed by atoms with Crippen molar-refractivity contribution in [3.63, 3.8) is 0 Å². The van der Waals surface area contributed by atoms with Crippen LogP contribution in [0.4, 0.5) is 0 Å². The van der Waals surface area contributed by atoms with E-state index >= 15 is 0 Å². The van der Waals surface area contributed by atoms with Crippen LogP contribution in [0, 0.1) is 0 Å². The molecule has 1 amide bonds. The van der Waals surface area contributed by atoms with Gasteiger partial charge in [0.05, 0.1) is 18.0 Å².